The van der Waals surface area contributed by atoms with Gasteiger partial charge in [0.05, 0.1) is 4.92 Å². The van der Waals surface area contributed by atoms with Crippen LogP contribution in [0.2, 0.25) is 5.15 Å². The highest BCUT2D eigenvalue weighted by Gasteiger charge is 2.10. The lowest BCUT2D eigenvalue weighted by molar-refractivity contribution is -0.384. The molecular weight excluding hydrogens is 338 g/mol. The van der Waals surface area contributed by atoms with Gasteiger partial charge in [-0.05, 0) is 37.0 Å². The fourth-order valence-electron chi connectivity index (χ4n) is 2.55. The van der Waals surface area contributed by atoms with Gasteiger partial charge in [-0.1, -0.05) is 41.9 Å². The molecule has 6 heteroatoms. The topological polar surface area (TPSA) is 68.9 Å². The average molecular weight is 354 g/mol. The first-order valence-corrected chi connectivity index (χ1v) is 8.31. The molecule has 0 unspecified atom stereocenters. The third-order valence-electron chi connectivity index (χ3n) is 3.90. The largest absolute Gasteiger partial charge is 0.269 e. The summed E-state index contributed by atoms with van der Waals surface area (Å²) < 4.78 is 0. The molecule has 1 heterocycles. The third-order valence-corrected chi connectivity index (χ3v) is 4.23. The Morgan fingerprint density at radius 2 is 1.72 bits per heavy atom. The van der Waals surface area contributed by atoms with Crippen LogP contribution in [0.3, 0.4) is 0 Å². The van der Waals surface area contributed by atoms with E-state index in [4.69, 9.17) is 11.6 Å². The van der Waals surface area contributed by atoms with Gasteiger partial charge >= 0.3 is 0 Å². The summed E-state index contributed by atoms with van der Waals surface area (Å²) >= 11 is 6.28. The zero-order valence-electron chi connectivity index (χ0n) is 13.4. The highest BCUT2D eigenvalue weighted by Crippen LogP contribution is 2.23. The van der Waals surface area contributed by atoms with Gasteiger partial charge in [-0.15, -0.1) is 0 Å². The number of aryl methyl sites for hydroxylation is 2. The fraction of sp³-hybridized carbons (Fsp3) is 0.158. The number of hydrogen-bond acceptors (Lipinski definition) is 4. The first-order valence-electron chi connectivity index (χ1n) is 7.93. The number of nitro benzene ring substituents is 1. The van der Waals surface area contributed by atoms with E-state index in [0.29, 0.717) is 16.5 Å². The molecule has 0 saturated heterocycles. The first-order chi connectivity index (χ1) is 12.1. The molecule has 0 amide bonds. The van der Waals surface area contributed by atoms with Crippen molar-refractivity contribution in [3.05, 3.63) is 87.2 Å². The monoisotopic (exact) mass is 353 g/mol. The fourth-order valence-corrected chi connectivity index (χ4v) is 2.78. The van der Waals surface area contributed by atoms with E-state index in [0.717, 1.165) is 24.8 Å². The van der Waals surface area contributed by atoms with Gasteiger partial charge in [0.15, 0.2) is 5.82 Å². The van der Waals surface area contributed by atoms with Crippen LogP contribution in [-0.4, -0.2) is 14.9 Å². The molecule has 0 aliphatic rings. The molecule has 3 rings (SSSR count). The number of rotatable bonds is 6. The summed E-state index contributed by atoms with van der Waals surface area (Å²) in [5, 5.41) is 11.1. The van der Waals surface area contributed by atoms with Gasteiger partial charge in [-0.25, -0.2) is 9.97 Å². The number of aromatic nitrogens is 2. The second-order valence-corrected chi connectivity index (χ2v) is 6.01. The Morgan fingerprint density at radius 1 is 1.00 bits per heavy atom. The van der Waals surface area contributed by atoms with E-state index < -0.39 is 4.92 Å². The lowest BCUT2D eigenvalue weighted by atomic mass is 10.1. The molecule has 0 radical (unpaired) electrons. The van der Waals surface area contributed by atoms with Gasteiger partial charge in [0.2, 0.25) is 0 Å². The molecule has 0 aliphatic carbocycles. The first kappa shape index (κ1) is 17.0. The van der Waals surface area contributed by atoms with E-state index in [1.165, 1.54) is 17.7 Å². The number of benzene rings is 2. The van der Waals surface area contributed by atoms with E-state index in [1.807, 2.05) is 18.2 Å². The smallest absolute Gasteiger partial charge is 0.258 e. The number of nitrogens with zero attached hydrogens (tertiary/aromatic N) is 3. The number of nitro groups is 1. The van der Waals surface area contributed by atoms with Crippen LogP contribution in [0.25, 0.3) is 11.4 Å². The number of non-ortho nitro benzene ring substituents is 1. The van der Waals surface area contributed by atoms with Gasteiger partial charge in [0.1, 0.15) is 5.15 Å². The minimum Gasteiger partial charge on any atom is -0.258 e. The van der Waals surface area contributed by atoms with Crippen LogP contribution < -0.4 is 0 Å². The van der Waals surface area contributed by atoms with E-state index in [9.17, 15) is 10.1 Å². The standard InChI is InChI=1S/C19H16ClN3O2/c20-18-16(8-4-7-14-5-2-1-3-6-14)13-21-19(22-18)15-9-11-17(12-10-15)23(24)25/h1-3,5-6,9-13H,4,7-8H2. The Morgan fingerprint density at radius 3 is 2.36 bits per heavy atom. The van der Waals surface area contributed by atoms with Crippen LogP contribution in [-0.2, 0) is 12.8 Å². The Balaban J connectivity index is 1.67. The molecule has 0 N–H and O–H groups in total. The second-order valence-electron chi connectivity index (χ2n) is 5.65. The summed E-state index contributed by atoms with van der Waals surface area (Å²) in [5.41, 5.74) is 2.93. The molecule has 0 atom stereocenters. The summed E-state index contributed by atoms with van der Waals surface area (Å²) in [6.45, 7) is 0. The molecule has 126 valence electrons. The Bertz CT molecular complexity index is 868. The molecular formula is C19H16ClN3O2. The van der Waals surface area contributed by atoms with Crippen LogP contribution >= 0.6 is 11.6 Å². The summed E-state index contributed by atoms with van der Waals surface area (Å²) in [7, 11) is 0. The minimum atomic E-state index is -0.437. The maximum atomic E-state index is 10.7. The van der Waals surface area contributed by atoms with Crippen molar-refractivity contribution >= 4 is 17.3 Å². The van der Waals surface area contributed by atoms with Crippen LogP contribution in [0.4, 0.5) is 5.69 Å². The lowest BCUT2D eigenvalue weighted by Gasteiger charge is -2.06. The quantitative estimate of drug-likeness (QED) is 0.360. The summed E-state index contributed by atoms with van der Waals surface area (Å²) in [6.07, 6.45) is 4.47. The van der Waals surface area contributed by atoms with E-state index in [-0.39, 0.29) is 5.69 Å². The van der Waals surface area contributed by atoms with Crippen molar-refractivity contribution in [3.8, 4) is 11.4 Å². The van der Waals surface area contributed by atoms with Crippen molar-refractivity contribution in [1.82, 2.24) is 9.97 Å². The van der Waals surface area contributed by atoms with Crippen molar-refractivity contribution in [2.75, 3.05) is 0 Å². The average Bonchev–Trinajstić information content (AvgIpc) is 2.64. The summed E-state index contributed by atoms with van der Waals surface area (Å²) in [4.78, 5) is 18.9. The van der Waals surface area contributed by atoms with Gasteiger partial charge in [-0.3, -0.25) is 10.1 Å². The van der Waals surface area contributed by atoms with Crippen molar-refractivity contribution in [3.63, 3.8) is 0 Å². The van der Waals surface area contributed by atoms with E-state index >= 15 is 0 Å². The minimum absolute atomic E-state index is 0.0346. The molecule has 0 bridgehead atoms. The number of hydrogen-bond donors (Lipinski definition) is 0. The molecule has 0 aliphatic heterocycles. The Hall–Kier alpha value is -2.79. The van der Waals surface area contributed by atoms with Crippen LogP contribution in [0, 0.1) is 10.1 Å². The maximum Gasteiger partial charge on any atom is 0.269 e. The summed E-state index contributed by atoms with van der Waals surface area (Å²) in [6, 6.07) is 16.4. The van der Waals surface area contributed by atoms with Crippen molar-refractivity contribution in [2.45, 2.75) is 19.3 Å². The molecule has 0 fully saturated rings. The predicted octanol–water partition coefficient (Wildman–Crippen LogP) is 4.88. The van der Waals surface area contributed by atoms with E-state index in [1.54, 1.807) is 18.3 Å². The highest BCUT2D eigenvalue weighted by molar-refractivity contribution is 6.30. The van der Waals surface area contributed by atoms with Crippen LogP contribution in [0.15, 0.2) is 60.8 Å². The van der Waals surface area contributed by atoms with Gasteiger partial charge < -0.3 is 0 Å². The van der Waals surface area contributed by atoms with Gasteiger partial charge in [-0.2, -0.15) is 0 Å². The van der Waals surface area contributed by atoms with Crippen LogP contribution in [0.1, 0.15) is 17.5 Å². The molecule has 0 spiro atoms. The molecule has 1 aromatic heterocycles. The number of halogens is 1. The molecule has 0 saturated carbocycles. The normalized spacial score (nSPS) is 10.6. The Kier molecular flexibility index (Phi) is 5.36. The van der Waals surface area contributed by atoms with Gasteiger partial charge in [0, 0.05) is 29.5 Å². The predicted molar refractivity (Wildman–Crippen MR) is 97.6 cm³/mol. The molecule has 2 aromatic carbocycles. The van der Waals surface area contributed by atoms with Crippen molar-refractivity contribution in [2.24, 2.45) is 0 Å². The molecule has 25 heavy (non-hydrogen) atoms. The van der Waals surface area contributed by atoms with Crippen LogP contribution in [0.5, 0.6) is 0 Å². The van der Waals surface area contributed by atoms with Crippen molar-refractivity contribution in [1.29, 1.82) is 0 Å². The lowest BCUT2D eigenvalue weighted by Crippen LogP contribution is -1.97. The zero-order valence-corrected chi connectivity index (χ0v) is 14.2. The second kappa shape index (κ2) is 7.85. The highest BCUT2D eigenvalue weighted by atomic mass is 35.5. The third kappa shape index (κ3) is 4.39. The maximum absolute atomic E-state index is 10.7. The zero-order chi connectivity index (χ0) is 17.6. The van der Waals surface area contributed by atoms with Crippen molar-refractivity contribution < 1.29 is 4.92 Å². The summed E-state index contributed by atoms with van der Waals surface area (Å²) in [5.74, 6) is 0.465. The molecule has 3 aromatic rings. The molecule has 5 nitrogen and oxygen atoms in total. The SMILES string of the molecule is O=[N+]([O-])c1ccc(-c2ncc(CCCc3ccccc3)c(Cl)n2)cc1. The van der Waals surface area contributed by atoms with E-state index in [2.05, 4.69) is 22.1 Å². The van der Waals surface area contributed by atoms with Gasteiger partial charge in [0.25, 0.3) is 5.69 Å². The Labute approximate surface area is 150 Å².